The molecule has 0 spiro atoms. The van der Waals surface area contributed by atoms with E-state index in [1.807, 2.05) is 54.6 Å². The first-order valence-electron chi connectivity index (χ1n) is 7.03. The summed E-state index contributed by atoms with van der Waals surface area (Å²) in [5, 5.41) is 2.93. The molecule has 0 bridgehead atoms. The van der Waals surface area contributed by atoms with Crippen LogP contribution in [-0.4, -0.2) is 17.7 Å². The van der Waals surface area contributed by atoms with Crippen LogP contribution in [0.25, 0.3) is 0 Å². The third kappa shape index (κ3) is 4.62. The molecule has 4 heteroatoms. The maximum absolute atomic E-state index is 12.2. The molecule has 0 heterocycles. The minimum absolute atomic E-state index is 0.150. The van der Waals surface area contributed by atoms with E-state index in [9.17, 15) is 4.79 Å². The summed E-state index contributed by atoms with van der Waals surface area (Å²) in [6, 6.07) is 17.1. The Labute approximate surface area is 129 Å². The zero-order valence-corrected chi connectivity index (χ0v) is 12.9. The number of benzene rings is 2. The number of rotatable bonds is 6. The Balaban J connectivity index is 2.01. The molecular formula is C17H20N2OS. The number of carbonyl (C=O) groups is 1. The molecule has 0 fully saturated rings. The van der Waals surface area contributed by atoms with Crippen molar-refractivity contribution in [3.05, 3.63) is 60.2 Å². The largest absolute Gasteiger partial charge is 0.324 e. The molecule has 0 saturated heterocycles. The normalized spacial score (nSPS) is 11.9. The summed E-state index contributed by atoms with van der Waals surface area (Å²) in [5.74, 6) is 0.811. The van der Waals surface area contributed by atoms with Gasteiger partial charge in [0.2, 0.25) is 5.91 Å². The Kier molecular flexibility index (Phi) is 5.84. The lowest BCUT2D eigenvalue weighted by molar-refractivity contribution is -0.117. The molecule has 0 saturated carbocycles. The Morgan fingerprint density at radius 2 is 1.81 bits per heavy atom. The van der Waals surface area contributed by atoms with Gasteiger partial charge in [-0.25, -0.2) is 0 Å². The number of anilines is 1. The molecule has 2 aromatic rings. The van der Waals surface area contributed by atoms with Crippen LogP contribution in [0, 0.1) is 0 Å². The van der Waals surface area contributed by atoms with Crippen LogP contribution in [0.1, 0.15) is 12.5 Å². The van der Waals surface area contributed by atoms with Crippen LogP contribution in [0.4, 0.5) is 5.69 Å². The zero-order valence-electron chi connectivity index (χ0n) is 12.1. The molecule has 1 amide bonds. The molecule has 0 unspecified atom stereocenters. The first-order chi connectivity index (χ1) is 10.2. The summed E-state index contributed by atoms with van der Waals surface area (Å²) in [4.78, 5) is 13.3. The minimum atomic E-state index is -0.549. The van der Waals surface area contributed by atoms with Crippen molar-refractivity contribution in [2.75, 3.05) is 11.1 Å². The Hall–Kier alpha value is -1.78. The predicted molar refractivity (Wildman–Crippen MR) is 89.6 cm³/mol. The molecule has 2 rings (SSSR count). The van der Waals surface area contributed by atoms with Gasteiger partial charge in [-0.2, -0.15) is 0 Å². The second kappa shape index (κ2) is 7.86. The molecule has 0 radical (unpaired) electrons. The van der Waals surface area contributed by atoms with E-state index in [-0.39, 0.29) is 5.91 Å². The summed E-state index contributed by atoms with van der Waals surface area (Å²) in [6.45, 7) is 2.09. The lowest BCUT2D eigenvalue weighted by Crippen LogP contribution is -2.37. The van der Waals surface area contributed by atoms with Crippen molar-refractivity contribution >= 4 is 23.4 Å². The van der Waals surface area contributed by atoms with Crippen LogP contribution in [0.2, 0.25) is 0 Å². The van der Waals surface area contributed by atoms with Gasteiger partial charge in [0.1, 0.15) is 0 Å². The fraction of sp³-hybridized carbons (Fsp3) is 0.235. The van der Waals surface area contributed by atoms with E-state index in [0.717, 1.165) is 21.9 Å². The Morgan fingerprint density at radius 1 is 1.14 bits per heavy atom. The third-order valence-electron chi connectivity index (χ3n) is 3.08. The molecule has 3 nitrogen and oxygen atoms in total. The third-order valence-corrected chi connectivity index (χ3v) is 4.04. The zero-order chi connectivity index (χ0) is 15.1. The fourth-order valence-corrected chi connectivity index (χ4v) is 2.80. The van der Waals surface area contributed by atoms with Gasteiger partial charge < -0.3 is 11.1 Å². The van der Waals surface area contributed by atoms with E-state index >= 15 is 0 Å². The van der Waals surface area contributed by atoms with Gasteiger partial charge >= 0.3 is 0 Å². The van der Waals surface area contributed by atoms with E-state index < -0.39 is 6.04 Å². The van der Waals surface area contributed by atoms with Gasteiger partial charge in [0, 0.05) is 4.90 Å². The number of carbonyl (C=O) groups excluding carboxylic acids is 1. The van der Waals surface area contributed by atoms with Gasteiger partial charge in [0.15, 0.2) is 0 Å². The molecule has 0 aliphatic rings. The number of nitrogens with one attached hydrogen (secondary N) is 1. The number of para-hydroxylation sites is 1. The highest BCUT2D eigenvalue weighted by molar-refractivity contribution is 7.99. The van der Waals surface area contributed by atoms with Crippen LogP contribution in [0.5, 0.6) is 0 Å². The lowest BCUT2D eigenvalue weighted by atomic mass is 10.1. The van der Waals surface area contributed by atoms with Crippen LogP contribution in [0.15, 0.2) is 59.5 Å². The highest BCUT2D eigenvalue weighted by Gasteiger charge is 2.15. The Morgan fingerprint density at radius 3 is 2.52 bits per heavy atom. The van der Waals surface area contributed by atoms with E-state index in [1.165, 1.54) is 0 Å². The second-order valence-electron chi connectivity index (χ2n) is 4.71. The van der Waals surface area contributed by atoms with Gasteiger partial charge in [-0.1, -0.05) is 49.4 Å². The maximum atomic E-state index is 12.2. The summed E-state index contributed by atoms with van der Waals surface area (Å²) >= 11 is 1.70. The molecule has 0 aromatic heterocycles. The molecular weight excluding hydrogens is 280 g/mol. The van der Waals surface area contributed by atoms with Crippen molar-refractivity contribution < 1.29 is 4.79 Å². The molecule has 0 aliphatic heterocycles. The Bertz CT molecular complexity index is 586. The van der Waals surface area contributed by atoms with Crippen LogP contribution >= 0.6 is 11.8 Å². The smallest absolute Gasteiger partial charge is 0.241 e. The molecule has 21 heavy (non-hydrogen) atoms. The number of amides is 1. The quantitative estimate of drug-likeness (QED) is 0.805. The molecule has 0 aliphatic carbocycles. The van der Waals surface area contributed by atoms with Crippen LogP contribution in [-0.2, 0) is 11.2 Å². The van der Waals surface area contributed by atoms with E-state index in [4.69, 9.17) is 5.73 Å². The predicted octanol–water partition coefficient (Wildman–Crippen LogP) is 3.31. The van der Waals surface area contributed by atoms with Gasteiger partial charge in [0.25, 0.3) is 0 Å². The standard InChI is InChI=1S/C17H20N2OS/c1-2-21-16-11-7-6-10-15(16)19-17(20)14(18)12-13-8-4-3-5-9-13/h3-11,14H,2,12,18H2,1H3,(H,19,20)/t14-/m1/s1. The van der Waals surface area contributed by atoms with Gasteiger partial charge in [-0.05, 0) is 29.9 Å². The van der Waals surface area contributed by atoms with E-state index in [1.54, 1.807) is 11.8 Å². The number of thioether (sulfide) groups is 1. The topological polar surface area (TPSA) is 55.1 Å². The summed E-state index contributed by atoms with van der Waals surface area (Å²) in [5.41, 5.74) is 7.90. The summed E-state index contributed by atoms with van der Waals surface area (Å²) in [6.07, 6.45) is 0.537. The van der Waals surface area contributed by atoms with Crippen molar-refractivity contribution in [3.63, 3.8) is 0 Å². The van der Waals surface area contributed by atoms with Crippen molar-refractivity contribution in [1.82, 2.24) is 0 Å². The first kappa shape index (κ1) is 15.6. The SMILES string of the molecule is CCSc1ccccc1NC(=O)[C@H](N)Cc1ccccc1. The highest BCUT2D eigenvalue weighted by Crippen LogP contribution is 2.26. The summed E-state index contributed by atoms with van der Waals surface area (Å²) < 4.78 is 0. The van der Waals surface area contributed by atoms with Crippen molar-refractivity contribution in [2.45, 2.75) is 24.3 Å². The van der Waals surface area contributed by atoms with Gasteiger partial charge in [0.05, 0.1) is 11.7 Å². The molecule has 110 valence electrons. The monoisotopic (exact) mass is 300 g/mol. The fourth-order valence-electron chi connectivity index (χ4n) is 2.04. The lowest BCUT2D eigenvalue weighted by Gasteiger charge is -2.14. The van der Waals surface area contributed by atoms with Crippen molar-refractivity contribution in [3.8, 4) is 0 Å². The molecule has 1 atom stereocenters. The van der Waals surface area contributed by atoms with Gasteiger partial charge in [-0.15, -0.1) is 11.8 Å². The van der Waals surface area contributed by atoms with E-state index in [2.05, 4.69) is 12.2 Å². The number of hydrogen-bond acceptors (Lipinski definition) is 3. The minimum Gasteiger partial charge on any atom is -0.324 e. The number of hydrogen-bond donors (Lipinski definition) is 2. The van der Waals surface area contributed by atoms with Gasteiger partial charge in [-0.3, -0.25) is 4.79 Å². The second-order valence-corrected chi connectivity index (χ2v) is 6.02. The highest BCUT2D eigenvalue weighted by atomic mass is 32.2. The maximum Gasteiger partial charge on any atom is 0.241 e. The average Bonchev–Trinajstić information content (AvgIpc) is 2.50. The van der Waals surface area contributed by atoms with Crippen LogP contribution in [0.3, 0.4) is 0 Å². The summed E-state index contributed by atoms with van der Waals surface area (Å²) in [7, 11) is 0. The average molecular weight is 300 g/mol. The van der Waals surface area contributed by atoms with Crippen LogP contribution < -0.4 is 11.1 Å². The molecule has 2 aromatic carbocycles. The number of nitrogens with two attached hydrogens (primary N) is 1. The first-order valence-corrected chi connectivity index (χ1v) is 8.01. The van der Waals surface area contributed by atoms with E-state index in [0.29, 0.717) is 6.42 Å². The van der Waals surface area contributed by atoms with Crippen molar-refractivity contribution in [1.29, 1.82) is 0 Å². The molecule has 3 N–H and O–H groups in total. The van der Waals surface area contributed by atoms with Crippen molar-refractivity contribution in [2.24, 2.45) is 5.73 Å².